The Bertz CT molecular complexity index is 216. The molecule has 1 fully saturated rings. The summed E-state index contributed by atoms with van der Waals surface area (Å²) in [6, 6.07) is 0.698. The van der Waals surface area contributed by atoms with E-state index in [0.29, 0.717) is 11.5 Å². The summed E-state index contributed by atoms with van der Waals surface area (Å²) in [5.41, 5.74) is 6.09. The van der Waals surface area contributed by atoms with Gasteiger partial charge in [0.05, 0.1) is 0 Å². The lowest BCUT2D eigenvalue weighted by molar-refractivity contribution is 0.188. The summed E-state index contributed by atoms with van der Waals surface area (Å²) in [5, 5.41) is 0. The van der Waals surface area contributed by atoms with Crippen molar-refractivity contribution in [3.63, 3.8) is 0 Å². The molecule has 3 heteroatoms. The molecule has 0 spiro atoms. The summed E-state index contributed by atoms with van der Waals surface area (Å²) >= 11 is 0. The van der Waals surface area contributed by atoms with E-state index in [4.69, 9.17) is 5.73 Å². The van der Waals surface area contributed by atoms with Gasteiger partial charge in [-0.25, -0.2) is 0 Å². The molecule has 3 nitrogen and oxygen atoms in total. The Morgan fingerprint density at radius 1 is 1.29 bits per heavy atom. The average Bonchev–Trinajstić information content (AvgIpc) is 2.41. The van der Waals surface area contributed by atoms with Crippen molar-refractivity contribution in [1.29, 1.82) is 0 Å². The van der Waals surface area contributed by atoms with Gasteiger partial charge in [0.15, 0.2) is 0 Å². The molecule has 0 aromatic carbocycles. The van der Waals surface area contributed by atoms with Gasteiger partial charge in [0.2, 0.25) is 0 Å². The molecule has 2 N–H and O–H groups in total. The Labute approximate surface area is 107 Å². The Kier molecular flexibility index (Phi) is 5.90. The third-order valence-electron chi connectivity index (χ3n) is 4.04. The summed E-state index contributed by atoms with van der Waals surface area (Å²) in [4.78, 5) is 5.10. The Morgan fingerprint density at radius 2 is 2.00 bits per heavy atom. The van der Waals surface area contributed by atoms with E-state index in [1.54, 1.807) is 0 Å². The van der Waals surface area contributed by atoms with E-state index in [9.17, 15) is 0 Å². The van der Waals surface area contributed by atoms with Crippen LogP contribution in [-0.4, -0.2) is 55.6 Å². The predicted octanol–water partition coefficient (Wildman–Crippen LogP) is 1.78. The van der Waals surface area contributed by atoms with Gasteiger partial charge in [0, 0.05) is 12.6 Å². The van der Waals surface area contributed by atoms with Gasteiger partial charge in [-0.05, 0) is 64.8 Å². The van der Waals surface area contributed by atoms with Crippen LogP contribution in [0.5, 0.6) is 0 Å². The zero-order valence-electron chi connectivity index (χ0n) is 12.2. The number of nitrogens with zero attached hydrogens (tertiary/aromatic N) is 2. The molecule has 102 valence electrons. The molecule has 0 bridgehead atoms. The van der Waals surface area contributed by atoms with E-state index in [-0.39, 0.29) is 0 Å². The van der Waals surface area contributed by atoms with Crippen molar-refractivity contribution in [1.82, 2.24) is 9.80 Å². The number of likely N-dealkylation sites (N-methyl/N-ethyl adjacent to an activating group) is 1. The first-order valence-corrected chi connectivity index (χ1v) is 7.07. The minimum absolute atomic E-state index is 0.311. The molecule has 0 amide bonds. The van der Waals surface area contributed by atoms with E-state index in [1.807, 2.05) is 0 Å². The minimum Gasteiger partial charge on any atom is -0.330 e. The second-order valence-electron chi connectivity index (χ2n) is 6.47. The molecular weight excluding hydrogens is 210 g/mol. The van der Waals surface area contributed by atoms with E-state index < -0.39 is 0 Å². The zero-order valence-corrected chi connectivity index (χ0v) is 12.2. The van der Waals surface area contributed by atoms with Crippen LogP contribution in [0, 0.1) is 5.41 Å². The lowest BCUT2D eigenvalue weighted by Crippen LogP contribution is -2.38. The fraction of sp³-hybridized carbons (Fsp3) is 1.00. The van der Waals surface area contributed by atoms with Crippen molar-refractivity contribution in [3.05, 3.63) is 0 Å². The van der Waals surface area contributed by atoms with Crippen LogP contribution in [0.1, 0.15) is 40.0 Å². The van der Waals surface area contributed by atoms with Crippen LogP contribution in [0.4, 0.5) is 0 Å². The van der Waals surface area contributed by atoms with E-state index in [0.717, 1.165) is 6.54 Å². The molecule has 1 heterocycles. The highest BCUT2D eigenvalue weighted by atomic mass is 15.2. The monoisotopic (exact) mass is 241 g/mol. The third-order valence-corrected chi connectivity index (χ3v) is 4.04. The molecule has 17 heavy (non-hydrogen) atoms. The van der Waals surface area contributed by atoms with Gasteiger partial charge in [0.25, 0.3) is 0 Å². The van der Waals surface area contributed by atoms with Gasteiger partial charge in [0.1, 0.15) is 0 Å². The van der Waals surface area contributed by atoms with Gasteiger partial charge in [-0.3, -0.25) is 4.90 Å². The van der Waals surface area contributed by atoms with Gasteiger partial charge in [-0.1, -0.05) is 13.8 Å². The molecular formula is C14H31N3. The minimum atomic E-state index is 0.311. The van der Waals surface area contributed by atoms with E-state index in [1.165, 1.54) is 45.4 Å². The van der Waals surface area contributed by atoms with Crippen molar-refractivity contribution < 1.29 is 0 Å². The van der Waals surface area contributed by atoms with Crippen LogP contribution < -0.4 is 5.73 Å². The second kappa shape index (κ2) is 6.72. The number of hydrogen-bond acceptors (Lipinski definition) is 3. The lowest BCUT2D eigenvalue weighted by atomic mass is 9.88. The number of rotatable bonds is 5. The normalized spacial score (nSPS) is 24.9. The van der Waals surface area contributed by atoms with Gasteiger partial charge >= 0.3 is 0 Å². The summed E-state index contributed by atoms with van der Waals surface area (Å²) in [7, 11) is 2.23. The molecule has 0 radical (unpaired) electrons. The Hall–Kier alpha value is -0.120. The SMILES string of the molecule is CC1CN(C)CCCN1CCCC(C)(C)CN. The molecule has 1 aliphatic rings. The van der Waals surface area contributed by atoms with Gasteiger partial charge < -0.3 is 10.6 Å². The summed E-state index contributed by atoms with van der Waals surface area (Å²) in [5.74, 6) is 0. The predicted molar refractivity (Wildman–Crippen MR) is 75.2 cm³/mol. The topological polar surface area (TPSA) is 32.5 Å². The van der Waals surface area contributed by atoms with Crippen LogP contribution in [0.25, 0.3) is 0 Å². The maximum Gasteiger partial charge on any atom is 0.0194 e. The molecule has 1 aliphatic heterocycles. The largest absolute Gasteiger partial charge is 0.330 e. The molecule has 0 aromatic heterocycles. The molecule has 1 saturated heterocycles. The third kappa shape index (κ3) is 5.36. The van der Waals surface area contributed by atoms with E-state index >= 15 is 0 Å². The first-order valence-electron chi connectivity index (χ1n) is 7.07. The highest BCUT2D eigenvalue weighted by molar-refractivity contribution is 4.76. The smallest absolute Gasteiger partial charge is 0.0194 e. The van der Waals surface area contributed by atoms with E-state index in [2.05, 4.69) is 37.6 Å². The van der Waals surface area contributed by atoms with Crippen LogP contribution in [-0.2, 0) is 0 Å². The van der Waals surface area contributed by atoms with Crippen LogP contribution in [0.15, 0.2) is 0 Å². The standard InChI is InChI=1S/C14H31N3/c1-13-11-16(4)8-6-10-17(13)9-5-7-14(2,3)12-15/h13H,5-12,15H2,1-4H3. The highest BCUT2D eigenvalue weighted by Crippen LogP contribution is 2.21. The van der Waals surface area contributed by atoms with Gasteiger partial charge in [-0.2, -0.15) is 0 Å². The summed E-state index contributed by atoms with van der Waals surface area (Å²) in [6.45, 7) is 12.6. The molecule has 1 rings (SSSR count). The lowest BCUT2D eigenvalue weighted by Gasteiger charge is -2.29. The van der Waals surface area contributed by atoms with Crippen molar-refractivity contribution in [2.75, 3.05) is 39.8 Å². The highest BCUT2D eigenvalue weighted by Gasteiger charge is 2.20. The second-order valence-corrected chi connectivity index (χ2v) is 6.47. The Morgan fingerprint density at radius 3 is 2.65 bits per heavy atom. The first-order chi connectivity index (χ1) is 7.94. The van der Waals surface area contributed by atoms with Gasteiger partial charge in [-0.15, -0.1) is 0 Å². The van der Waals surface area contributed by atoms with Crippen molar-refractivity contribution in [2.24, 2.45) is 11.1 Å². The maximum atomic E-state index is 5.78. The number of nitrogens with two attached hydrogens (primary N) is 1. The summed E-state index contributed by atoms with van der Waals surface area (Å²) < 4.78 is 0. The van der Waals surface area contributed by atoms with Crippen molar-refractivity contribution in [3.8, 4) is 0 Å². The van der Waals surface area contributed by atoms with Crippen molar-refractivity contribution >= 4 is 0 Å². The quantitative estimate of drug-likeness (QED) is 0.796. The fourth-order valence-corrected chi connectivity index (χ4v) is 2.62. The summed E-state index contributed by atoms with van der Waals surface area (Å²) in [6.07, 6.45) is 3.82. The first kappa shape index (κ1) is 14.9. The van der Waals surface area contributed by atoms with Crippen LogP contribution >= 0.6 is 0 Å². The molecule has 0 aliphatic carbocycles. The number of hydrogen-bond donors (Lipinski definition) is 1. The van der Waals surface area contributed by atoms with Crippen molar-refractivity contribution in [2.45, 2.75) is 46.1 Å². The molecule has 1 atom stereocenters. The molecule has 0 aromatic rings. The van der Waals surface area contributed by atoms with Crippen LogP contribution in [0.3, 0.4) is 0 Å². The molecule has 1 unspecified atom stereocenters. The Balaban J connectivity index is 2.30. The molecule has 0 saturated carbocycles. The maximum absolute atomic E-state index is 5.78. The van der Waals surface area contributed by atoms with Crippen LogP contribution in [0.2, 0.25) is 0 Å². The fourth-order valence-electron chi connectivity index (χ4n) is 2.62. The zero-order chi connectivity index (χ0) is 12.9. The average molecular weight is 241 g/mol.